The van der Waals surface area contributed by atoms with Crippen LogP contribution in [0.15, 0.2) is 66.9 Å². The van der Waals surface area contributed by atoms with Gasteiger partial charge < -0.3 is 34.6 Å². The number of anilines is 3. The molecule has 0 saturated carbocycles. The van der Waals surface area contributed by atoms with Gasteiger partial charge in [0.25, 0.3) is 5.91 Å². The van der Waals surface area contributed by atoms with Crippen molar-refractivity contribution < 1.29 is 28.6 Å². The van der Waals surface area contributed by atoms with Crippen molar-refractivity contribution in [1.29, 1.82) is 0 Å². The van der Waals surface area contributed by atoms with Gasteiger partial charge in [0.05, 0.1) is 13.2 Å². The van der Waals surface area contributed by atoms with Crippen LogP contribution in [0.4, 0.5) is 26.5 Å². The van der Waals surface area contributed by atoms with Crippen LogP contribution in [-0.2, 0) is 4.74 Å². The first-order valence-electron chi connectivity index (χ1n) is 15.8. The molecule has 2 N–H and O–H groups in total. The summed E-state index contributed by atoms with van der Waals surface area (Å²) in [5.74, 6) is 0.517. The summed E-state index contributed by atoms with van der Waals surface area (Å²) in [6.45, 7) is 9.33. The Morgan fingerprint density at radius 1 is 0.979 bits per heavy atom. The predicted molar refractivity (Wildman–Crippen MR) is 178 cm³/mol. The number of piperidine rings is 1. The van der Waals surface area contributed by atoms with Crippen LogP contribution in [0.1, 0.15) is 44.0 Å². The number of carbonyl (C=O) groups excluding carboxylic acids is 1. The molecule has 0 atom stereocenters. The van der Waals surface area contributed by atoms with Crippen molar-refractivity contribution in [1.82, 2.24) is 14.9 Å². The number of aromatic nitrogens is 2. The molecule has 0 radical (unpaired) electrons. The van der Waals surface area contributed by atoms with E-state index in [1.165, 1.54) is 12.1 Å². The number of halogens is 1. The summed E-state index contributed by atoms with van der Waals surface area (Å²) in [5.41, 5.74) is 0.943. The SMILES string of the molecule is CC(C)(C)N(C(=O)O)C1CCN(c2nccc(Oc3ccc(NC(=O)c4cc(F)cc(N5CCOCC5)c4)c4ccccc34)n2)CC1. The molecule has 2 fully saturated rings. The number of benzene rings is 3. The van der Waals surface area contributed by atoms with Crippen molar-refractivity contribution in [3.63, 3.8) is 0 Å². The maximum Gasteiger partial charge on any atom is 0.407 e. The fourth-order valence-electron chi connectivity index (χ4n) is 6.34. The zero-order valence-electron chi connectivity index (χ0n) is 26.8. The second kappa shape index (κ2) is 13.4. The molecular formula is C35H39FN6O5. The molecule has 1 aromatic heterocycles. The van der Waals surface area contributed by atoms with Gasteiger partial charge in [0.1, 0.15) is 11.6 Å². The van der Waals surface area contributed by atoms with Crippen molar-refractivity contribution in [2.75, 3.05) is 54.5 Å². The van der Waals surface area contributed by atoms with E-state index in [1.807, 2.05) is 54.8 Å². The number of ether oxygens (including phenoxy) is 2. The zero-order valence-corrected chi connectivity index (χ0v) is 26.8. The Kier molecular flexibility index (Phi) is 9.12. The molecule has 2 saturated heterocycles. The lowest BCUT2D eigenvalue weighted by Gasteiger charge is -2.43. The van der Waals surface area contributed by atoms with Gasteiger partial charge in [-0.1, -0.05) is 24.3 Å². The molecule has 0 spiro atoms. The van der Waals surface area contributed by atoms with Crippen LogP contribution < -0.4 is 19.9 Å². The van der Waals surface area contributed by atoms with Crippen molar-refractivity contribution in [3.8, 4) is 11.6 Å². The summed E-state index contributed by atoms with van der Waals surface area (Å²) in [5, 5.41) is 14.3. The van der Waals surface area contributed by atoms with E-state index in [9.17, 15) is 19.1 Å². The minimum atomic E-state index is -0.910. The molecule has 47 heavy (non-hydrogen) atoms. The van der Waals surface area contributed by atoms with Crippen molar-refractivity contribution in [2.45, 2.75) is 45.2 Å². The topological polar surface area (TPSA) is 120 Å². The Hall–Kier alpha value is -4.97. The molecule has 4 aromatic rings. The van der Waals surface area contributed by atoms with Crippen LogP contribution in [0.3, 0.4) is 0 Å². The van der Waals surface area contributed by atoms with Gasteiger partial charge in [-0.25, -0.2) is 14.2 Å². The first kappa shape index (κ1) is 32.0. The van der Waals surface area contributed by atoms with E-state index in [1.54, 1.807) is 35.4 Å². The van der Waals surface area contributed by atoms with E-state index in [2.05, 4.69) is 15.3 Å². The van der Waals surface area contributed by atoms with Gasteiger partial charge in [-0.3, -0.25) is 4.79 Å². The number of fused-ring (bicyclic) bond motifs is 1. The van der Waals surface area contributed by atoms with Crippen LogP contribution in [0.5, 0.6) is 11.6 Å². The Morgan fingerprint density at radius 3 is 2.40 bits per heavy atom. The average molecular weight is 643 g/mol. The first-order valence-corrected chi connectivity index (χ1v) is 15.8. The molecule has 246 valence electrons. The van der Waals surface area contributed by atoms with Crippen LogP contribution in [0.2, 0.25) is 0 Å². The second-order valence-corrected chi connectivity index (χ2v) is 12.7. The monoisotopic (exact) mass is 642 g/mol. The molecule has 12 heteroatoms. The van der Waals surface area contributed by atoms with Crippen molar-refractivity contribution in [3.05, 3.63) is 78.2 Å². The van der Waals surface area contributed by atoms with Gasteiger partial charge in [0, 0.05) is 77.7 Å². The van der Waals surface area contributed by atoms with Crippen molar-refractivity contribution >= 4 is 40.1 Å². The van der Waals surface area contributed by atoms with E-state index < -0.39 is 23.4 Å². The number of hydrogen-bond acceptors (Lipinski definition) is 8. The Labute approximate surface area is 272 Å². The third kappa shape index (κ3) is 7.22. The van der Waals surface area contributed by atoms with Crippen LogP contribution in [0.25, 0.3) is 10.8 Å². The number of carbonyl (C=O) groups is 2. The molecule has 6 rings (SSSR count). The van der Waals surface area contributed by atoms with Crippen LogP contribution in [-0.4, -0.2) is 82.9 Å². The molecular weight excluding hydrogens is 603 g/mol. The Morgan fingerprint density at radius 2 is 1.70 bits per heavy atom. The summed E-state index contributed by atoms with van der Waals surface area (Å²) in [4.78, 5) is 40.0. The highest BCUT2D eigenvalue weighted by Crippen LogP contribution is 2.35. The summed E-state index contributed by atoms with van der Waals surface area (Å²) in [7, 11) is 0. The van der Waals surface area contributed by atoms with E-state index in [4.69, 9.17) is 9.47 Å². The fraction of sp³-hybridized carbons (Fsp3) is 0.371. The smallest absolute Gasteiger partial charge is 0.407 e. The lowest BCUT2D eigenvalue weighted by atomic mass is 9.97. The summed E-state index contributed by atoms with van der Waals surface area (Å²) in [6, 6.07) is 17.0. The molecule has 0 unspecified atom stereocenters. The number of rotatable bonds is 7. The third-order valence-electron chi connectivity index (χ3n) is 8.53. The molecule has 2 amide bonds. The van der Waals surface area contributed by atoms with Gasteiger partial charge in [-0.2, -0.15) is 4.98 Å². The van der Waals surface area contributed by atoms with Crippen LogP contribution >= 0.6 is 0 Å². The molecule has 11 nitrogen and oxygen atoms in total. The van der Waals surface area contributed by atoms with Gasteiger partial charge >= 0.3 is 6.09 Å². The van der Waals surface area contributed by atoms with Crippen molar-refractivity contribution in [2.24, 2.45) is 0 Å². The number of hydrogen-bond donors (Lipinski definition) is 2. The maximum atomic E-state index is 14.6. The lowest BCUT2D eigenvalue weighted by Crippen LogP contribution is -2.54. The van der Waals surface area contributed by atoms with Gasteiger partial charge in [-0.15, -0.1) is 0 Å². The largest absolute Gasteiger partial charge is 0.465 e. The lowest BCUT2D eigenvalue weighted by molar-refractivity contribution is 0.0615. The number of morpholine rings is 1. The minimum Gasteiger partial charge on any atom is -0.465 e. The summed E-state index contributed by atoms with van der Waals surface area (Å²) < 4.78 is 26.2. The number of carboxylic acid groups (broad SMARTS) is 1. The molecule has 0 aliphatic carbocycles. The van der Waals surface area contributed by atoms with E-state index in [0.717, 1.165) is 10.8 Å². The second-order valence-electron chi connectivity index (χ2n) is 12.7. The first-order chi connectivity index (χ1) is 22.6. The fourth-order valence-corrected chi connectivity index (χ4v) is 6.34. The predicted octanol–water partition coefficient (Wildman–Crippen LogP) is 6.40. The summed E-state index contributed by atoms with van der Waals surface area (Å²) >= 11 is 0. The van der Waals surface area contributed by atoms with E-state index in [-0.39, 0.29) is 11.6 Å². The van der Waals surface area contributed by atoms with Gasteiger partial charge in [0.2, 0.25) is 11.8 Å². The van der Waals surface area contributed by atoms with Crippen LogP contribution in [0, 0.1) is 5.82 Å². The highest BCUT2D eigenvalue weighted by molar-refractivity contribution is 6.10. The highest BCUT2D eigenvalue weighted by Gasteiger charge is 2.35. The molecule has 3 aromatic carbocycles. The Bertz CT molecular complexity index is 1770. The normalized spacial score (nSPS) is 15.8. The number of nitrogens with zero attached hydrogens (tertiary/aromatic N) is 5. The zero-order chi connectivity index (χ0) is 33.1. The number of amides is 2. The van der Waals surface area contributed by atoms with E-state index in [0.29, 0.717) is 81.2 Å². The number of nitrogens with one attached hydrogen (secondary N) is 1. The third-order valence-corrected chi connectivity index (χ3v) is 8.53. The van der Waals surface area contributed by atoms with Gasteiger partial charge in [-0.05, 0) is 63.9 Å². The summed E-state index contributed by atoms with van der Waals surface area (Å²) in [6.07, 6.45) is 2.07. The molecule has 0 bridgehead atoms. The quantitative estimate of drug-likeness (QED) is 0.236. The maximum absolute atomic E-state index is 14.6. The molecule has 2 aliphatic heterocycles. The molecule has 3 heterocycles. The minimum absolute atomic E-state index is 0.0821. The Balaban J connectivity index is 1.17. The highest BCUT2D eigenvalue weighted by atomic mass is 19.1. The molecule has 2 aliphatic rings. The standard InChI is InChI=1S/C35H39FN6O5/c1-35(2,3)42(34(44)45)25-11-14-41(15-12-25)33-37-13-10-31(39-33)47-30-9-8-29(27-6-4-5-7-28(27)30)38-32(43)23-20-24(36)22-26(21-23)40-16-18-46-19-17-40/h4-10,13,20-22,25H,11-12,14-19H2,1-3H3,(H,38,43)(H,44,45). The van der Waals surface area contributed by atoms with E-state index >= 15 is 0 Å². The van der Waals surface area contributed by atoms with Gasteiger partial charge in [0.15, 0.2) is 0 Å². The average Bonchev–Trinajstić information content (AvgIpc) is 3.05.